The van der Waals surface area contributed by atoms with Crippen LogP contribution in [0.5, 0.6) is 0 Å². The van der Waals surface area contributed by atoms with E-state index in [2.05, 4.69) is 10.0 Å². The molecule has 0 aromatic heterocycles. The lowest BCUT2D eigenvalue weighted by atomic mass is 10.0. The predicted molar refractivity (Wildman–Crippen MR) is 68.5 cm³/mol. The standard InChI is InChI=1S/C11H24N2O3S/c1-16-9-4-8-13-17(14,15)10-6-11-5-2-3-7-12-11/h11-13H,2-10H2,1H3. The molecule has 1 aliphatic rings. The Labute approximate surface area is 104 Å². The first-order chi connectivity index (χ1) is 8.14. The van der Waals surface area contributed by atoms with Crippen LogP contribution in [0, 0.1) is 0 Å². The Kier molecular flexibility index (Phi) is 7.03. The largest absolute Gasteiger partial charge is 0.385 e. The minimum atomic E-state index is -3.11. The zero-order valence-corrected chi connectivity index (χ0v) is 11.4. The zero-order valence-electron chi connectivity index (χ0n) is 10.6. The van der Waals surface area contributed by atoms with E-state index >= 15 is 0 Å². The van der Waals surface area contributed by atoms with Gasteiger partial charge in [-0.05, 0) is 32.2 Å². The molecular formula is C11H24N2O3S. The molecule has 1 aliphatic heterocycles. The number of nitrogens with one attached hydrogen (secondary N) is 2. The molecule has 6 heteroatoms. The van der Waals surface area contributed by atoms with Gasteiger partial charge in [0.15, 0.2) is 0 Å². The van der Waals surface area contributed by atoms with Crippen LogP contribution in [-0.2, 0) is 14.8 Å². The van der Waals surface area contributed by atoms with Crippen LogP contribution in [0.1, 0.15) is 32.1 Å². The molecule has 102 valence electrons. The monoisotopic (exact) mass is 264 g/mol. The topological polar surface area (TPSA) is 67.4 Å². The lowest BCUT2D eigenvalue weighted by Gasteiger charge is -2.23. The van der Waals surface area contributed by atoms with Crippen LogP contribution in [0.15, 0.2) is 0 Å². The van der Waals surface area contributed by atoms with Crippen LogP contribution in [-0.4, -0.2) is 47.0 Å². The quantitative estimate of drug-likeness (QED) is 0.626. The summed E-state index contributed by atoms with van der Waals surface area (Å²) in [4.78, 5) is 0. The van der Waals surface area contributed by atoms with Crippen molar-refractivity contribution >= 4 is 10.0 Å². The van der Waals surface area contributed by atoms with Gasteiger partial charge in [0.2, 0.25) is 10.0 Å². The van der Waals surface area contributed by atoms with Gasteiger partial charge in [0.25, 0.3) is 0 Å². The highest BCUT2D eigenvalue weighted by Crippen LogP contribution is 2.10. The van der Waals surface area contributed by atoms with Crippen LogP contribution >= 0.6 is 0 Å². The Morgan fingerprint density at radius 2 is 2.24 bits per heavy atom. The Balaban J connectivity index is 2.14. The SMILES string of the molecule is COCCCNS(=O)(=O)CCC1CCCCN1. The van der Waals surface area contributed by atoms with E-state index in [4.69, 9.17) is 4.74 Å². The molecule has 0 aliphatic carbocycles. The first-order valence-electron chi connectivity index (χ1n) is 6.34. The van der Waals surface area contributed by atoms with Gasteiger partial charge in [-0.15, -0.1) is 0 Å². The Morgan fingerprint density at radius 3 is 2.88 bits per heavy atom. The highest BCUT2D eigenvalue weighted by atomic mass is 32.2. The van der Waals surface area contributed by atoms with Gasteiger partial charge < -0.3 is 10.1 Å². The molecule has 1 fully saturated rings. The molecule has 0 spiro atoms. The van der Waals surface area contributed by atoms with E-state index in [1.165, 1.54) is 12.8 Å². The Hall–Kier alpha value is -0.170. The number of hydrogen-bond donors (Lipinski definition) is 2. The van der Waals surface area contributed by atoms with Crippen molar-refractivity contribution in [2.24, 2.45) is 0 Å². The second-order valence-electron chi connectivity index (χ2n) is 4.50. The molecule has 0 bridgehead atoms. The summed E-state index contributed by atoms with van der Waals surface area (Å²) in [5, 5.41) is 3.36. The molecule has 1 saturated heterocycles. The molecule has 1 atom stereocenters. The molecule has 5 nitrogen and oxygen atoms in total. The Bertz CT molecular complexity index is 287. The van der Waals surface area contributed by atoms with Crippen molar-refractivity contribution in [3.05, 3.63) is 0 Å². The summed E-state index contributed by atoms with van der Waals surface area (Å²) in [5.41, 5.74) is 0. The van der Waals surface area contributed by atoms with Gasteiger partial charge in [-0.1, -0.05) is 6.42 Å². The van der Waals surface area contributed by atoms with E-state index in [1.807, 2.05) is 0 Å². The first kappa shape index (κ1) is 14.9. The first-order valence-corrected chi connectivity index (χ1v) is 7.99. The van der Waals surface area contributed by atoms with Crippen molar-refractivity contribution in [1.29, 1.82) is 0 Å². The van der Waals surface area contributed by atoms with E-state index in [1.54, 1.807) is 7.11 Å². The Morgan fingerprint density at radius 1 is 1.41 bits per heavy atom. The van der Waals surface area contributed by atoms with Gasteiger partial charge >= 0.3 is 0 Å². The van der Waals surface area contributed by atoms with Crippen molar-refractivity contribution in [2.75, 3.05) is 32.6 Å². The van der Waals surface area contributed by atoms with Crippen LogP contribution in [0.2, 0.25) is 0 Å². The average molecular weight is 264 g/mol. The summed E-state index contributed by atoms with van der Waals surface area (Å²) in [7, 11) is -1.49. The molecule has 0 amide bonds. The van der Waals surface area contributed by atoms with Crippen molar-refractivity contribution in [3.63, 3.8) is 0 Å². The van der Waals surface area contributed by atoms with Crippen molar-refractivity contribution in [1.82, 2.24) is 10.0 Å². The van der Waals surface area contributed by atoms with E-state index in [9.17, 15) is 8.42 Å². The minimum absolute atomic E-state index is 0.220. The van der Waals surface area contributed by atoms with Gasteiger partial charge in [-0.2, -0.15) is 0 Å². The summed E-state index contributed by atoms with van der Waals surface area (Å²) in [5.74, 6) is 0.220. The summed E-state index contributed by atoms with van der Waals surface area (Å²) < 4.78 is 30.8. The summed E-state index contributed by atoms with van der Waals surface area (Å²) in [6.45, 7) is 2.08. The maximum absolute atomic E-state index is 11.7. The molecule has 0 aromatic carbocycles. The number of rotatable bonds is 8. The molecule has 0 aromatic rings. The molecule has 2 N–H and O–H groups in total. The van der Waals surface area contributed by atoms with Crippen LogP contribution < -0.4 is 10.0 Å². The third-order valence-electron chi connectivity index (χ3n) is 2.99. The van der Waals surface area contributed by atoms with E-state index in [-0.39, 0.29) is 5.75 Å². The smallest absolute Gasteiger partial charge is 0.211 e. The fourth-order valence-corrected chi connectivity index (χ4v) is 3.18. The van der Waals surface area contributed by atoms with E-state index in [0.29, 0.717) is 25.6 Å². The maximum Gasteiger partial charge on any atom is 0.211 e. The van der Waals surface area contributed by atoms with Gasteiger partial charge in [0.1, 0.15) is 0 Å². The maximum atomic E-state index is 11.7. The third kappa shape index (κ3) is 6.98. The number of piperidine rings is 1. The predicted octanol–water partition coefficient (Wildman–Crippen LogP) is 0.475. The summed E-state index contributed by atoms with van der Waals surface area (Å²) in [6, 6.07) is 0.374. The van der Waals surface area contributed by atoms with E-state index < -0.39 is 10.0 Å². The molecule has 1 unspecified atom stereocenters. The van der Waals surface area contributed by atoms with Crippen molar-refractivity contribution < 1.29 is 13.2 Å². The van der Waals surface area contributed by atoms with E-state index in [0.717, 1.165) is 19.4 Å². The summed E-state index contributed by atoms with van der Waals surface area (Å²) >= 11 is 0. The molecule has 1 heterocycles. The lowest BCUT2D eigenvalue weighted by molar-refractivity contribution is 0.196. The highest BCUT2D eigenvalue weighted by Gasteiger charge is 2.16. The van der Waals surface area contributed by atoms with Gasteiger partial charge in [-0.3, -0.25) is 0 Å². The van der Waals surface area contributed by atoms with Gasteiger partial charge in [0.05, 0.1) is 5.75 Å². The average Bonchev–Trinajstić information content (AvgIpc) is 2.34. The van der Waals surface area contributed by atoms with Gasteiger partial charge in [0, 0.05) is 26.3 Å². The molecule has 1 rings (SSSR count). The van der Waals surface area contributed by atoms with Crippen molar-refractivity contribution in [2.45, 2.75) is 38.1 Å². The highest BCUT2D eigenvalue weighted by molar-refractivity contribution is 7.89. The fourth-order valence-electron chi connectivity index (χ4n) is 1.98. The normalized spacial score (nSPS) is 21.6. The van der Waals surface area contributed by atoms with Crippen LogP contribution in [0.3, 0.4) is 0 Å². The lowest BCUT2D eigenvalue weighted by Crippen LogP contribution is -2.37. The van der Waals surface area contributed by atoms with Crippen LogP contribution in [0.4, 0.5) is 0 Å². The zero-order chi connectivity index (χ0) is 12.6. The number of sulfonamides is 1. The van der Waals surface area contributed by atoms with Crippen molar-refractivity contribution in [3.8, 4) is 0 Å². The van der Waals surface area contributed by atoms with Crippen LogP contribution in [0.25, 0.3) is 0 Å². The molecular weight excluding hydrogens is 240 g/mol. The molecule has 0 saturated carbocycles. The second-order valence-corrected chi connectivity index (χ2v) is 6.42. The third-order valence-corrected chi connectivity index (χ3v) is 4.41. The van der Waals surface area contributed by atoms with Gasteiger partial charge in [-0.25, -0.2) is 13.1 Å². The number of methoxy groups -OCH3 is 1. The minimum Gasteiger partial charge on any atom is -0.385 e. The number of hydrogen-bond acceptors (Lipinski definition) is 4. The summed E-state index contributed by atoms with van der Waals surface area (Å²) in [6.07, 6.45) is 4.94. The molecule has 17 heavy (non-hydrogen) atoms. The molecule has 0 radical (unpaired) electrons. The fraction of sp³-hybridized carbons (Fsp3) is 1.00. The number of ether oxygens (including phenoxy) is 1. The second kappa shape index (κ2) is 8.02.